The molecule has 88 valence electrons. The van der Waals surface area contributed by atoms with Gasteiger partial charge in [0.05, 0.1) is 0 Å². The average Bonchev–Trinajstić information content (AvgIpc) is 2.26. The standard InChI is InChI=1S/C14H26O/c1-2-3-4-5-6-7-8-9-10-11-12-13-14-15/h3-6,15H,2,7-14H2,1H3/b4-3+,6-5-. The molecular formula is C14H26O. The number of hydrogen-bond donors (Lipinski definition) is 1. The maximum atomic E-state index is 8.59. The molecule has 0 aliphatic carbocycles. The molecule has 0 rings (SSSR count). The zero-order valence-corrected chi connectivity index (χ0v) is 10.1. The molecule has 0 radical (unpaired) electrons. The van der Waals surface area contributed by atoms with Crippen LogP contribution >= 0.6 is 0 Å². The van der Waals surface area contributed by atoms with Crippen molar-refractivity contribution in [1.29, 1.82) is 0 Å². The number of hydrogen-bond acceptors (Lipinski definition) is 1. The third-order valence-electron chi connectivity index (χ3n) is 2.40. The minimum atomic E-state index is 0.354. The third kappa shape index (κ3) is 13.4. The minimum Gasteiger partial charge on any atom is -0.396 e. The summed E-state index contributed by atoms with van der Waals surface area (Å²) in [7, 11) is 0. The van der Waals surface area contributed by atoms with Gasteiger partial charge >= 0.3 is 0 Å². The molecule has 0 spiro atoms. The van der Waals surface area contributed by atoms with Crippen LogP contribution in [0, 0.1) is 0 Å². The van der Waals surface area contributed by atoms with E-state index in [1.165, 1.54) is 38.5 Å². The van der Waals surface area contributed by atoms with Crippen LogP contribution in [0.2, 0.25) is 0 Å². The smallest absolute Gasteiger partial charge is 0.0431 e. The Morgan fingerprint density at radius 2 is 1.40 bits per heavy atom. The van der Waals surface area contributed by atoms with Crippen molar-refractivity contribution in [3.8, 4) is 0 Å². The largest absolute Gasteiger partial charge is 0.396 e. The summed E-state index contributed by atoms with van der Waals surface area (Å²) in [6.45, 7) is 2.50. The van der Waals surface area contributed by atoms with E-state index in [-0.39, 0.29) is 0 Å². The van der Waals surface area contributed by atoms with Crippen molar-refractivity contribution in [2.45, 2.75) is 58.3 Å². The Labute approximate surface area is 94.9 Å². The molecule has 0 heterocycles. The SMILES string of the molecule is CC/C=C/C=C\CCCCCCCCO. The molecule has 0 aromatic rings. The maximum absolute atomic E-state index is 8.59. The summed E-state index contributed by atoms with van der Waals surface area (Å²) >= 11 is 0. The zero-order chi connectivity index (χ0) is 11.2. The molecule has 0 aliphatic heterocycles. The first kappa shape index (κ1) is 14.4. The van der Waals surface area contributed by atoms with Crippen molar-refractivity contribution >= 4 is 0 Å². The van der Waals surface area contributed by atoms with Crippen LogP contribution in [0.15, 0.2) is 24.3 Å². The first-order valence-corrected chi connectivity index (χ1v) is 6.34. The van der Waals surface area contributed by atoms with Gasteiger partial charge in [-0.3, -0.25) is 0 Å². The first-order valence-electron chi connectivity index (χ1n) is 6.34. The van der Waals surface area contributed by atoms with Crippen molar-refractivity contribution in [2.75, 3.05) is 6.61 Å². The second-order valence-corrected chi connectivity index (χ2v) is 3.90. The average molecular weight is 210 g/mol. The van der Waals surface area contributed by atoms with E-state index >= 15 is 0 Å². The molecule has 0 saturated carbocycles. The van der Waals surface area contributed by atoms with Gasteiger partial charge in [-0.05, 0) is 25.7 Å². The molecule has 0 atom stereocenters. The summed E-state index contributed by atoms with van der Waals surface area (Å²) in [5.74, 6) is 0. The molecule has 1 nitrogen and oxygen atoms in total. The van der Waals surface area contributed by atoms with Crippen molar-refractivity contribution < 1.29 is 5.11 Å². The van der Waals surface area contributed by atoms with E-state index in [2.05, 4.69) is 31.2 Å². The quantitative estimate of drug-likeness (QED) is 0.422. The highest BCUT2D eigenvalue weighted by Crippen LogP contribution is 2.07. The van der Waals surface area contributed by atoms with E-state index in [1.54, 1.807) is 0 Å². The van der Waals surface area contributed by atoms with Gasteiger partial charge < -0.3 is 5.11 Å². The normalized spacial score (nSPS) is 11.9. The second kappa shape index (κ2) is 13.4. The molecule has 0 aromatic heterocycles. The van der Waals surface area contributed by atoms with E-state index in [0.717, 1.165) is 12.8 Å². The number of allylic oxidation sites excluding steroid dienone is 4. The van der Waals surface area contributed by atoms with E-state index < -0.39 is 0 Å². The molecule has 0 aromatic carbocycles. The minimum absolute atomic E-state index is 0.354. The van der Waals surface area contributed by atoms with Gasteiger partial charge in [0.25, 0.3) is 0 Å². The van der Waals surface area contributed by atoms with Gasteiger partial charge in [-0.2, -0.15) is 0 Å². The fraction of sp³-hybridized carbons (Fsp3) is 0.714. The summed E-state index contributed by atoms with van der Waals surface area (Å²) in [6, 6.07) is 0. The summed E-state index contributed by atoms with van der Waals surface area (Å²) in [5.41, 5.74) is 0. The lowest BCUT2D eigenvalue weighted by Crippen LogP contribution is -1.83. The Hall–Kier alpha value is -0.560. The van der Waals surface area contributed by atoms with Crippen LogP contribution in [0.3, 0.4) is 0 Å². The molecule has 1 heteroatoms. The Kier molecular flexibility index (Phi) is 12.9. The third-order valence-corrected chi connectivity index (χ3v) is 2.40. The van der Waals surface area contributed by atoms with Crippen molar-refractivity contribution in [2.24, 2.45) is 0 Å². The van der Waals surface area contributed by atoms with Gasteiger partial charge in [0.15, 0.2) is 0 Å². The predicted molar refractivity (Wildman–Crippen MR) is 68.0 cm³/mol. The van der Waals surface area contributed by atoms with Crippen LogP contribution in [-0.4, -0.2) is 11.7 Å². The van der Waals surface area contributed by atoms with Crippen molar-refractivity contribution in [3.05, 3.63) is 24.3 Å². The number of aliphatic hydroxyl groups is 1. The molecule has 0 bridgehead atoms. The lowest BCUT2D eigenvalue weighted by molar-refractivity contribution is 0.282. The highest BCUT2D eigenvalue weighted by Gasteiger charge is 1.89. The van der Waals surface area contributed by atoms with Gasteiger partial charge in [-0.25, -0.2) is 0 Å². The van der Waals surface area contributed by atoms with E-state index in [4.69, 9.17) is 5.11 Å². The van der Waals surface area contributed by atoms with Gasteiger partial charge in [0.1, 0.15) is 0 Å². The molecule has 1 N–H and O–H groups in total. The van der Waals surface area contributed by atoms with E-state index in [0.29, 0.717) is 6.61 Å². The van der Waals surface area contributed by atoms with Crippen molar-refractivity contribution in [3.63, 3.8) is 0 Å². The van der Waals surface area contributed by atoms with Crippen LogP contribution in [-0.2, 0) is 0 Å². The number of aliphatic hydroxyl groups excluding tert-OH is 1. The predicted octanol–water partition coefficient (Wildman–Crippen LogP) is 4.23. The fourth-order valence-electron chi connectivity index (χ4n) is 1.47. The van der Waals surface area contributed by atoms with Crippen LogP contribution in [0.5, 0.6) is 0 Å². The molecule has 0 aliphatic rings. The molecule has 0 fully saturated rings. The van der Waals surface area contributed by atoms with Crippen molar-refractivity contribution in [1.82, 2.24) is 0 Å². The molecule has 15 heavy (non-hydrogen) atoms. The Balaban J connectivity index is 3.04. The highest BCUT2D eigenvalue weighted by molar-refractivity contribution is 5.01. The number of unbranched alkanes of at least 4 members (excludes halogenated alkanes) is 6. The summed E-state index contributed by atoms with van der Waals surface area (Å²) in [6.07, 6.45) is 18.4. The Bertz CT molecular complexity index is 159. The van der Waals surface area contributed by atoms with E-state index in [1.807, 2.05) is 0 Å². The molecular weight excluding hydrogens is 184 g/mol. The zero-order valence-electron chi connectivity index (χ0n) is 10.1. The number of rotatable bonds is 10. The van der Waals surface area contributed by atoms with E-state index in [9.17, 15) is 0 Å². The summed E-state index contributed by atoms with van der Waals surface area (Å²) in [5, 5.41) is 8.59. The lowest BCUT2D eigenvalue weighted by Gasteiger charge is -1.98. The molecule has 0 amide bonds. The monoisotopic (exact) mass is 210 g/mol. The summed E-state index contributed by atoms with van der Waals surface area (Å²) < 4.78 is 0. The topological polar surface area (TPSA) is 20.2 Å². The van der Waals surface area contributed by atoms with Crippen LogP contribution in [0.1, 0.15) is 58.3 Å². The van der Waals surface area contributed by atoms with Crippen LogP contribution < -0.4 is 0 Å². The van der Waals surface area contributed by atoms with Crippen LogP contribution in [0.4, 0.5) is 0 Å². The Morgan fingerprint density at radius 1 is 0.800 bits per heavy atom. The first-order chi connectivity index (χ1) is 7.41. The van der Waals surface area contributed by atoms with Gasteiger partial charge in [-0.1, -0.05) is 56.9 Å². The molecule has 0 unspecified atom stereocenters. The fourth-order valence-corrected chi connectivity index (χ4v) is 1.47. The second-order valence-electron chi connectivity index (χ2n) is 3.90. The van der Waals surface area contributed by atoms with Gasteiger partial charge in [-0.15, -0.1) is 0 Å². The van der Waals surface area contributed by atoms with Crippen LogP contribution in [0.25, 0.3) is 0 Å². The maximum Gasteiger partial charge on any atom is 0.0431 e. The van der Waals surface area contributed by atoms with Gasteiger partial charge in [0.2, 0.25) is 0 Å². The summed E-state index contributed by atoms with van der Waals surface area (Å²) in [4.78, 5) is 0. The lowest BCUT2D eigenvalue weighted by atomic mass is 10.1. The molecule has 0 saturated heterocycles. The van der Waals surface area contributed by atoms with Gasteiger partial charge in [0, 0.05) is 6.61 Å². The highest BCUT2D eigenvalue weighted by atomic mass is 16.2. The Morgan fingerprint density at radius 3 is 2.07 bits per heavy atom.